The molecule has 4 N–H and O–H groups in total. The summed E-state index contributed by atoms with van der Waals surface area (Å²) < 4.78 is 28.2. The van der Waals surface area contributed by atoms with Gasteiger partial charge in [0.2, 0.25) is 6.29 Å². The van der Waals surface area contributed by atoms with Crippen LogP contribution < -0.4 is 9.47 Å². The number of aliphatic hydroxyl groups is 4. The van der Waals surface area contributed by atoms with Crippen LogP contribution in [0.5, 0.6) is 11.5 Å². The molecule has 0 unspecified atom stereocenters. The van der Waals surface area contributed by atoms with Crippen molar-refractivity contribution < 1.29 is 48.9 Å². The summed E-state index contributed by atoms with van der Waals surface area (Å²) in [7, 11) is 3.16. The summed E-state index contributed by atoms with van der Waals surface area (Å²) in [5, 5.41) is 40.1. The van der Waals surface area contributed by atoms with Crippen LogP contribution >= 0.6 is 0 Å². The van der Waals surface area contributed by atoms with Crippen LogP contribution in [0.1, 0.15) is 23.6 Å². The van der Waals surface area contributed by atoms with Crippen LogP contribution in [0, 0.1) is 11.8 Å². The van der Waals surface area contributed by atoms with E-state index >= 15 is 0 Å². The van der Waals surface area contributed by atoms with E-state index in [0.717, 1.165) is 11.1 Å². The van der Waals surface area contributed by atoms with E-state index in [4.69, 9.17) is 23.7 Å². The molecule has 5 rings (SSSR count). The van der Waals surface area contributed by atoms with Crippen molar-refractivity contribution in [1.29, 1.82) is 0 Å². The van der Waals surface area contributed by atoms with Crippen molar-refractivity contribution in [3.05, 3.63) is 47.7 Å². The van der Waals surface area contributed by atoms with E-state index in [1.54, 1.807) is 20.3 Å². The van der Waals surface area contributed by atoms with Gasteiger partial charge in [0, 0.05) is 18.4 Å². The van der Waals surface area contributed by atoms with E-state index in [0.29, 0.717) is 36.5 Å². The number of carbonyl (C=O) groups excluding carboxylic acids is 1. The number of amides is 1. The van der Waals surface area contributed by atoms with E-state index in [9.17, 15) is 25.2 Å². The minimum atomic E-state index is -1.58. The number of benzene rings is 1. The Labute approximate surface area is 214 Å². The van der Waals surface area contributed by atoms with Crippen molar-refractivity contribution >= 4 is 5.91 Å². The van der Waals surface area contributed by atoms with Crippen LogP contribution in [-0.4, -0.2) is 95.6 Å². The van der Waals surface area contributed by atoms with Gasteiger partial charge in [-0.1, -0.05) is 6.08 Å². The Balaban J connectivity index is 1.42. The number of nitrogens with zero attached hydrogens (tertiary/aromatic N) is 1. The second-order valence-corrected chi connectivity index (χ2v) is 9.74. The molecule has 2 fully saturated rings. The lowest BCUT2D eigenvalue weighted by Crippen LogP contribution is -2.60. The molecule has 11 heteroatoms. The van der Waals surface area contributed by atoms with E-state index in [1.165, 1.54) is 6.26 Å². The molecule has 4 heterocycles. The molecule has 0 aliphatic carbocycles. The average molecular weight is 520 g/mol. The number of ether oxygens (including phenoxy) is 5. The van der Waals surface area contributed by atoms with Crippen molar-refractivity contribution in [2.75, 3.05) is 27.4 Å². The second kappa shape index (κ2) is 10.2. The summed E-state index contributed by atoms with van der Waals surface area (Å²) in [6.45, 7) is 3.92. The first-order valence-corrected chi connectivity index (χ1v) is 12.3. The maximum Gasteiger partial charge on any atom is 0.253 e. The number of piperidine rings is 1. The lowest BCUT2D eigenvalue weighted by atomic mass is 9.73. The fraction of sp³-hybridized carbons (Fsp3) is 0.577. The molecule has 0 spiro atoms. The number of fused-ring (bicyclic) bond motifs is 4. The van der Waals surface area contributed by atoms with Crippen molar-refractivity contribution in [2.45, 2.75) is 55.9 Å². The van der Waals surface area contributed by atoms with Gasteiger partial charge in [-0.15, -0.1) is 6.58 Å². The number of rotatable bonds is 6. The highest BCUT2D eigenvalue weighted by atomic mass is 16.8. The van der Waals surface area contributed by atoms with Crippen LogP contribution in [0.15, 0.2) is 36.6 Å². The smallest absolute Gasteiger partial charge is 0.253 e. The molecule has 1 amide bonds. The van der Waals surface area contributed by atoms with Crippen molar-refractivity contribution in [2.24, 2.45) is 11.8 Å². The third-order valence-electron chi connectivity index (χ3n) is 7.88. The number of hydrogen-bond donors (Lipinski definition) is 4. The topological polar surface area (TPSA) is 147 Å². The third kappa shape index (κ3) is 4.29. The Kier molecular flexibility index (Phi) is 7.18. The van der Waals surface area contributed by atoms with Gasteiger partial charge in [-0.2, -0.15) is 0 Å². The van der Waals surface area contributed by atoms with Gasteiger partial charge >= 0.3 is 0 Å². The van der Waals surface area contributed by atoms with E-state index in [-0.39, 0.29) is 17.9 Å². The number of aliphatic hydroxyl groups excluding tert-OH is 4. The minimum Gasteiger partial charge on any atom is -0.493 e. The summed E-state index contributed by atoms with van der Waals surface area (Å²) in [6.07, 6.45) is -3.83. The van der Waals surface area contributed by atoms with Gasteiger partial charge in [-0.05, 0) is 36.1 Å². The zero-order valence-electron chi connectivity index (χ0n) is 20.7. The van der Waals surface area contributed by atoms with Crippen molar-refractivity contribution in [1.82, 2.24) is 4.90 Å². The van der Waals surface area contributed by atoms with Gasteiger partial charge in [-0.25, -0.2) is 0 Å². The first kappa shape index (κ1) is 26.0. The fourth-order valence-corrected chi connectivity index (χ4v) is 5.85. The molecule has 2 saturated heterocycles. The lowest BCUT2D eigenvalue weighted by molar-refractivity contribution is -0.339. The Bertz CT molecular complexity index is 1070. The second-order valence-electron chi connectivity index (χ2n) is 9.74. The summed E-state index contributed by atoms with van der Waals surface area (Å²) >= 11 is 0. The fourth-order valence-electron chi connectivity index (χ4n) is 5.85. The summed E-state index contributed by atoms with van der Waals surface area (Å²) in [5.74, 6) is 0.325. The first-order valence-electron chi connectivity index (χ1n) is 12.3. The molecular formula is C26H33NO10. The van der Waals surface area contributed by atoms with Crippen LogP contribution in [0.25, 0.3) is 0 Å². The molecule has 0 aromatic heterocycles. The average Bonchev–Trinajstić information content (AvgIpc) is 2.92. The van der Waals surface area contributed by atoms with Crippen LogP contribution in [0.2, 0.25) is 0 Å². The zero-order chi connectivity index (χ0) is 26.4. The highest BCUT2D eigenvalue weighted by Gasteiger charge is 2.50. The Morgan fingerprint density at radius 1 is 1.11 bits per heavy atom. The van der Waals surface area contributed by atoms with E-state index in [2.05, 4.69) is 6.58 Å². The Hall–Kier alpha value is -2.67. The van der Waals surface area contributed by atoms with Gasteiger partial charge in [-0.3, -0.25) is 4.79 Å². The predicted octanol–water partition coefficient (Wildman–Crippen LogP) is 0.00840. The van der Waals surface area contributed by atoms with Gasteiger partial charge < -0.3 is 49.0 Å². The third-order valence-corrected chi connectivity index (χ3v) is 7.88. The number of methoxy groups -OCH3 is 2. The standard InChI is InChI=1S/C26H33NO10/c1-4-13-15-8-17-14-9-19(34-3)18(33-2)7-12(14)5-6-27(17)24(32)16(15)11-35-25(13)37-26-23(31)22(30)21(29)20(10-28)36-26/h4,7,9,11,13,15,17,20-23,25-26,28-31H,1,5-6,8,10H2,2-3H3/t13-,15+,17+,20-,21-,22+,23-,25+,26+/m1/s1. The molecule has 4 aliphatic heterocycles. The molecular weight excluding hydrogens is 486 g/mol. The molecule has 1 aromatic carbocycles. The van der Waals surface area contributed by atoms with Gasteiger partial charge in [0.05, 0.1) is 38.7 Å². The summed E-state index contributed by atoms with van der Waals surface area (Å²) in [6, 6.07) is 3.69. The van der Waals surface area contributed by atoms with Crippen LogP contribution in [0.4, 0.5) is 0 Å². The maximum absolute atomic E-state index is 13.5. The lowest BCUT2D eigenvalue weighted by Gasteiger charge is -2.48. The highest BCUT2D eigenvalue weighted by molar-refractivity contribution is 5.95. The highest BCUT2D eigenvalue weighted by Crippen LogP contribution is 2.49. The van der Waals surface area contributed by atoms with E-state index < -0.39 is 49.5 Å². The molecule has 0 radical (unpaired) electrons. The molecule has 37 heavy (non-hydrogen) atoms. The summed E-state index contributed by atoms with van der Waals surface area (Å²) in [5.41, 5.74) is 2.60. The molecule has 0 saturated carbocycles. The largest absolute Gasteiger partial charge is 0.493 e. The SMILES string of the molecule is C=C[C@H]1[C@H](O[C@@H]2O[C@H](CO)[C@@H](O)[C@H](O)[C@H]2O)OC=C2C(=O)N3CCc4cc(OC)c(OC)cc4[C@@H]3C[C@H]21. The molecule has 202 valence electrons. The zero-order valence-corrected chi connectivity index (χ0v) is 20.7. The molecule has 0 bridgehead atoms. The minimum absolute atomic E-state index is 0.125. The molecule has 11 nitrogen and oxygen atoms in total. The van der Waals surface area contributed by atoms with Crippen molar-refractivity contribution in [3.8, 4) is 11.5 Å². The summed E-state index contributed by atoms with van der Waals surface area (Å²) in [4.78, 5) is 15.4. The quantitative estimate of drug-likeness (QED) is 0.379. The molecule has 1 aromatic rings. The van der Waals surface area contributed by atoms with Crippen molar-refractivity contribution in [3.63, 3.8) is 0 Å². The first-order chi connectivity index (χ1) is 17.8. The van der Waals surface area contributed by atoms with Crippen LogP contribution in [0.3, 0.4) is 0 Å². The maximum atomic E-state index is 13.5. The van der Waals surface area contributed by atoms with E-state index in [1.807, 2.05) is 17.0 Å². The Morgan fingerprint density at radius 2 is 1.84 bits per heavy atom. The predicted molar refractivity (Wildman–Crippen MR) is 127 cm³/mol. The molecule has 4 aliphatic rings. The monoisotopic (exact) mass is 519 g/mol. The normalized spacial score (nSPS) is 36.9. The number of carbonyl (C=O) groups is 1. The van der Waals surface area contributed by atoms with Gasteiger partial charge in [0.25, 0.3) is 5.91 Å². The molecule has 9 atom stereocenters. The Morgan fingerprint density at radius 3 is 2.51 bits per heavy atom. The van der Waals surface area contributed by atoms with Gasteiger partial charge in [0.15, 0.2) is 17.8 Å². The van der Waals surface area contributed by atoms with Crippen LogP contribution in [-0.2, 0) is 25.4 Å². The van der Waals surface area contributed by atoms with Gasteiger partial charge in [0.1, 0.15) is 24.4 Å². The number of hydrogen-bond acceptors (Lipinski definition) is 10.